The standard InChI is InChI=1S/C16H18ClN3O4/c1-16(2,3)15(22)10(8-18)14(21)9-6-13(19(4)5)11(17)7-12(9)20(23)24/h6-7,21H,1-5H3/b14-10-. The molecule has 8 heteroatoms. The molecule has 0 bridgehead atoms. The van der Waals surface area contributed by atoms with Gasteiger partial charge in [-0.15, -0.1) is 0 Å². The molecule has 1 rings (SSSR count). The molecule has 0 unspecified atom stereocenters. The molecule has 0 aliphatic heterocycles. The largest absolute Gasteiger partial charge is 0.506 e. The summed E-state index contributed by atoms with van der Waals surface area (Å²) < 4.78 is 0. The third kappa shape index (κ3) is 3.84. The van der Waals surface area contributed by atoms with Crippen molar-refractivity contribution >= 4 is 34.5 Å². The smallest absolute Gasteiger partial charge is 0.282 e. The number of aliphatic hydroxyl groups is 1. The first-order valence-corrected chi connectivity index (χ1v) is 7.33. The number of halogens is 1. The number of nitriles is 1. The second-order valence-electron chi connectivity index (χ2n) is 6.39. The Kier molecular flexibility index (Phi) is 5.58. The fraction of sp³-hybridized carbons (Fsp3) is 0.375. The molecule has 0 saturated heterocycles. The molecule has 0 atom stereocenters. The summed E-state index contributed by atoms with van der Waals surface area (Å²) in [5.74, 6) is -1.35. The highest BCUT2D eigenvalue weighted by molar-refractivity contribution is 6.33. The molecule has 7 nitrogen and oxygen atoms in total. The van der Waals surface area contributed by atoms with Crippen molar-refractivity contribution in [2.24, 2.45) is 5.41 Å². The predicted molar refractivity (Wildman–Crippen MR) is 92.1 cm³/mol. The lowest BCUT2D eigenvalue weighted by Crippen LogP contribution is -2.22. The Labute approximate surface area is 144 Å². The van der Waals surface area contributed by atoms with Crippen LogP contribution in [-0.2, 0) is 4.79 Å². The Bertz CT molecular complexity index is 771. The van der Waals surface area contributed by atoms with Crippen molar-refractivity contribution in [2.75, 3.05) is 19.0 Å². The van der Waals surface area contributed by atoms with Gasteiger partial charge in [0.1, 0.15) is 11.6 Å². The van der Waals surface area contributed by atoms with Gasteiger partial charge in [0.2, 0.25) is 0 Å². The Hall–Kier alpha value is -2.59. The minimum atomic E-state index is -0.926. The van der Waals surface area contributed by atoms with Crippen LogP contribution in [-0.4, -0.2) is 29.9 Å². The maximum Gasteiger partial charge on any atom is 0.282 e. The van der Waals surface area contributed by atoms with Gasteiger partial charge in [0.05, 0.1) is 21.2 Å². The molecule has 0 fully saturated rings. The molecule has 0 saturated carbocycles. The van der Waals surface area contributed by atoms with Gasteiger partial charge < -0.3 is 10.0 Å². The van der Waals surface area contributed by atoms with Crippen LogP contribution in [0.1, 0.15) is 26.3 Å². The van der Waals surface area contributed by atoms with Crippen molar-refractivity contribution in [1.82, 2.24) is 0 Å². The van der Waals surface area contributed by atoms with Crippen molar-refractivity contribution in [3.05, 3.63) is 38.4 Å². The van der Waals surface area contributed by atoms with Gasteiger partial charge in [-0.2, -0.15) is 5.26 Å². The van der Waals surface area contributed by atoms with Crippen LogP contribution in [0.5, 0.6) is 0 Å². The van der Waals surface area contributed by atoms with E-state index in [0.717, 1.165) is 6.07 Å². The van der Waals surface area contributed by atoms with E-state index in [1.54, 1.807) is 45.8 Å². The van der Waals surface area contributed by atoms with Crippen LogP contribution >= 0.6 is 11.6 Å². The number of hydrogen-bond donors (Lipinski definition) is 1. The summed E-state index contributed by atoms with van der Waals surface area (Å²) in [5, 5.41) is 31.1. The van der Waals surface area contributed by atoms with E-state index in [9.17, 15) is 25.3 Å². The lowest BCUT2D eigenvalue weighted by Gasteiger charge is -2.18. The normalized spacial score (nSPS) is 12.2. The van der Waals surface area contributed by atoms with Crippen molar-refractivity contribution in [1.29, 1.82) is 5.26 Å². The number of Topliss-reactive ketones (excluding diaryl/α,β-unsaturated/α-hetero) is 1. The van der Waals surface area contributed by atoms with Crippen LogP contribution in [0.2, 0.25) is 5.02 Å². The second kappa shape index (κ2) is 6.89. The molecule has 128 valence electrons. The molecular formula is C16H18ClN3O4. The summed E-state index contributed by atoms with van der Waals surface area (Å²) in [6.45, 7) is 4.75. The maximum absolute atomic E-state index is 12.3. The zero-order valence-corrected chi connectivity index (χ0v) is 14.8. The molecule has 1 aromatic rings. The van der Waals surface area contributed by atoms with Gasteiger partial charge in [-0.25, -0.2) is 0 Å². The average Bonchev–Trinajstić information content (AvgIpc) is 2.45. The molecule has 0 spiro atoms. The van der Waals surface area contributed by atoms with Crippen LogP contribution in [0.15, 0.2) is 17.7 Å². The fourth-order valence-electron chi connectivity index (χ4n) is 1.96. The quantitative estimate of drug-likeness (QED) is 0.291. The van der Waals surface area contributed by atoms with Gasteiger partial charge >= 0.3 is 0 Å². The fourth-order valence-corrected chi connectivity index (χ4v) is 2.28. The van der Waals surface area contributed by atoms with E-state index in [1.807, 2.05) is 0 Å². The number of hydrogen-bond acceptors (Lipinski definition) is 6. The highest BCUT2D eigenvalue weighted by atomic mass is 35.5. The molecule has 0 aromatic heterocycles. The van der Waals surface area contributed by atoms with Gasteiger partial charge in [0.25, 0.3) is 5.69 Å². The number of benzene rings is 1. The average molecular weight is 352 g/mol. The van der Waals surface area contributed by atoms with E-state index in [1.165, 1.54) is 6.07 Å². The molecule has 0 amide bonds. The Morgan fingerprint density at radius 1 is 1.38 bits per heavy atom. The SMILES string of the molecule is CN(C)c1cc(/C(O)=C(\C#N)C(=O)C(C)(C)C)c([N+](=O)[O-])cc1Cl. The minimum Gasteiger partial charge on any atom is -0.506 e. The van der Waals surface area contributed by atoms with Gasteiger partial charge in [-0.05, 0) is 6.07 Å². The third-order valence-electron chi connectivity index (χ3n) is 3.26. The van der Waals surface area contributed by atoms with Crippen molar-refractivity contribution in [2.45, 2.75) is 20.8 Å². The highest BCUT2D eigenvalue weighted by Crippen LogP contribution is 2.37. The molecule has 0 aliphatic carbocycles. The van der Waals surface area contributed by atoms with E-state index in [0.29, 0.717) is 5.69 Å². The number of carbonyl (C=O) groups excluding carboxylic acids is 1. The van der Waals surface area contributed by atoms with Crippen LogP contribution < -0.4 is 4.90 Å². The number of nitrogens with zero attached hydrogens (tertiary/aromatic N) is 3. The van der Waals surface area contributed by atoms with Gasteiger partial charge in [-0.3, -0.25) is 14.9 Å². The highest BCUT2D eigenvalue weighted by Gasteiger charge is 2.31. The van der Waals surface area contributed by atoms with E-state index in [-0.39, 0.29) is 10.6 Å². The molecule has 0 heterocycles. The Balaban J connectivity index is 3.78. The lowest BCUT2D eigenvalue weighted by molar-refractivity contribution is -0.385. The number of ketones is 1. The molecule has 24 heavy (non-hydrogen) atoms. The summed E-state index contributed by atoms with van der Waals surface area (Å²) in [5.41, 5.74) is -1.77. The first kappa shape index (κ1) is 19.5. The molecule has 0 radical (unpaired) electrons. The Morgan fingerprint density at radius 3 is 2.29 bits per heavy atom. The number of nitro groups is 1. The first-order valence-electron chi connectivity index (χ1n) is 6.95. The first-order chi connectivity index (χ1) is 10.9. The third-order valence-corrected chi connectivity index (χ3v) is 3.56. The number of nitro benzene ring substituents is 1. The van der Waals surface area contributed by atoms with E-state index in [2.05, 4.69) is 0 Å². The van der Waals surface area contributed by atoms with Crippen LogP contribution in [0.4, 0.5) is 11.4 Å². The molecule has 1 N–H and O–H groups in total. The predicted octanol–water partition coefficient (Wildman–Crippen LogP) is 3.72. The second-order valence-corrected chi connectivity index (χ2v) is 6.79. The monoisotopic (exact) mass is 351 g/mol. The number of rotatable bonds is 4. The van der Waals surface area contributed by atoms with Gasteiger partial charge in [-0.1, -0.05) is 32.4 Å². The zero-order valence-electron chi connectivity index (χ0n) is 14.0. The minimum absolute atomic E-state index is 0.115. The number of carbonyl (C=O) groups is 1. The van der Waals surface area contributed by atoms with Crippen LogP contribution in [0.25, 0.3) is 5.76 Å². The lowest BCUT2D eigenvalue weighted by atomic mass is 9.85. The summed E-state index contributed by atoms with van der Waals surface area (Å²) in [4.78, 5) is 24.5. The summed E-state index contributed by atoms with van der Waals surface area (Å²) in [7, 11) is 3.34. The van der Waals surface area contributed by atoms with E-state index < -0.39 is 33.1 Å². The molecular weight excluding hydrogens is 334 g/mol. The molecule has 1 aromatic carbocycles. The van der Waals surface area contributed by atoms with Crippen molar-refractivity contribution in [3.63, 3.8) is 0 Å². The number of anilines is 1. The van der Waals surface area contributed by atoms with Gasteiger partial charge in [0.15, 0.2) is 11.5 Å². The summed E-state index contributed by atoms with van der Waals surface area (Å²) in [6.07, 6.45) is 0. The Morgan fingerprint density at radius 2 is 1.92 bits per heavy atom. The summed E-state index contributed by atoms with van der Waals surface area (Å²) in [6, 6.07) is 4.01. The zero-order chi connectivity index (χ0) is 18.8. The van der Waals surface area contributed by atoms with Crippen molar-refractivity contribution < 1.29 is 14.8 Å². The van der Waals surface area contributed by atoms with Crippen molar-refractivity contribution in [3.8, 4) is 6.07 Å². The maximum atomic E-state index is 12.3. The molecule has 0 aliphatic rings. The van der Waals surface area contributed by atoms with Gasteiger partial charge in [0, 0.05) is 25.6 Å². The van der Waals surface area contributed by atoms with E-state index >= 15 is 0 Å². The van der Waals surface area contributed by atoms with Crippen LogP contribution in [0.3, 0.4) is 0 Å². The topological polar surface area (TPSA) is 107 Å². The summed E-state index contributed by atoms with van der Waals surface area (Å²) >= 11 is 6.02. The number of aliphatic hydroxyl groups excluding tert-OH is 1. The number of allylic oxidation sites excluding steroid dienone is 1. The van der Waals surface area contributed by atoms with Crippen LogP contribution in [0, 0.1) is 26.9 Å². The van der Waals surface area contributed by atoms with E-state index in [4.69, 9.17) is 11.6 Å².